The molecule has 0 bridgehead atoms. The zero-order valence-electron chi connectivity index (χ0n) is 23.5. The van der Waals surface area contributed by atoms with E-state index in [-0.39, 0.29) is 26.2 Å². The Labute approximate surface area is 236 Å². The predicted octanol–water partition coefficient (Wildman–Crippen LogP) is -1.24. The number of ether oxygens (including phenoxy) is 4. The van der Waals surface area contributed by atoms with E-state index in [9.17, 15) is 43.8 Å². The molecular formula is C25H38N2O14. The van der Waals surface area contributed by atoms with Gasteiger partial charge in [-0.2, -0.15) is 0 Å². The summed E-state index contributed by atoms with van der Waals surface area (Å²) >= 11 is 0. The number of rotatable bonds is 16. The first-order valence-electron chi connectivity index (χ1n) is 12.8. The molecule has 1 heterocycles. The third-order valence-corrected chi connectivity index (χ3v) is 6.36. The Hall–Kier alpha value is -3.63. The lowest BCUT2D eigenvalue weighted by atomic mass is 9.84. The van der Waals surface area contributed by atoms with Crippen LogP contribution in [0.4, 0.5) is 0 Å². The molecule has 0 aromatic heterocycles. The van der Waals surface area contributed by atoms with Crippen LogP contribution in [0.1, 0.15) is 53.9 Å². The number of hydrogen-bond donors (Lipinski definition) is 5. The van der Waals surface area contributed by atoms with E-state index in [0.29, 0.717) is 0 Å². The number of amides is 2. The largest absolute Gasteiger partial charge is 0.481 e. The maximum absolute atomic E-state index is 12.2. The zero-order valence-corrected chi connectivity index (χ0v) is 23.5. The molecular weight excluding hydrogens is 552 g/mol. The smallest absolute Gasteiger partial charge is 0.336 e. The number of carbonyl (C=O) groups is 7. The molecule has 1 aliphatic rings. The van der Waals surface area contributed by atoms with E-state index in [1.165, 1.54) is 20.8 Å². The molecule has 1 rings (SSSR count). The van der Waals surface area contributed by atoms with Gasteiger partial charge in [0.1, 0.15) is 36.6 Å². The summed E-state index contributed by atoms with van der Waals surface area (Å²) in [5, 5.41) is 33.2. The highest BCUT2D eigenvalue weighted by Crippen LogP contribution is 2.30. The SMILES string of the molecule is CC(=O)NC1C(OCCNC(=O)CCC(=O)CC(C(=O)O)C(C)(O)C(=O)O)OC(COC(C)=O)C(C)C1OC(C)=O. The van der Waals surface area contributed by atoms with E-state index in [1.807, 2.05) is 0 Å². The fraction of sp³-hybridized carbons (Fsp3) is 0.720. The second-order valence-corrected chi connectivity index (χ2v) is 9.81. The Balaban J connectivity index is 2.73. The Morgan fingerprint density at radius 2 is 1.63 bits per heavy atom. The first kappa shape index (κ1) is 35.4. The highest BCUT2D eigenvalue weighted by atomic mass is 16.7. The van der Waals surface area contributed by atoms with E-state index >= 15 is 0 Å². The molecule has 1 fully saturated rings. The van der Waals surface area contributed by atoms with Gasteiger partial charge in [0.25, 0.3) is 0 Å². The lowest BCUT2D eigenvalue weighted by Gasteiger charge is -2.44. The van der Waals surface area contributed by atoms with Gasteiger partial charge in [-0.15, -0.1) is 0 Å². The number of aliphatic carboxylic acids is 2. The van der Waals surface area contributed by atoms with Crippen LogP contribution in [0.2, 0.25) is 0 Å². The summed E-state index contributed by atoms with van der Waals surface area (Å²) in [5.41, 5.74) is -2.68. The molecule has 16 heteroatoms. The van der Waals surface area contributed by atoms with Gasteiger partial charge in [-0.3, -0.25) is 28.8 Å². The van der Waals surface area contributed by atoms with Crippen molar-refractivity contribution in [3.63, 3.8) is 0 Å². The van der Waals surface area contributed by atoms with Crippen molar-refractivity contribution in [1.29, 1.82) is 0 Å². The topological polar surface area (TPSA) is 241 Å². The van der Waals surface area contributed by atoms with Crippen LogP contribution < -0.4 is 10.6 Å². The number of carboxylic acid groups (broad SMARTS) is 2. The quantitative estimate of drug-likeness (QED) is 0.104. The number of hydrogen-bond acceptors (Lipinski definition) is 12. The number of esters is 2. The minimum Gasteiger partial charge on any atom is -0.481 e. The summed E-state index contributed by atoms with van der Waals surface area (Å²) in [5.74, 6) is -8.84. The first-order valence-corrected chi connectivity index (χ1v) is 12.8. The second kappa shape index (κ2) is 16.0. The molecule has 232 valence electrons. The third kappa shape index (κ3) is 11.4. The van der Waals surface area contributed by atoms with Gasteiger partial charge in [0.05, 0.1) is 6.61 Å². The van der Waals surface area contributed by atoms with Crippen LogP contribution >= 0.6 is 0 Å². The first-order chi connectivity index (χ1) is 19.0. The summed E-state index contributed by atoms with van der Waals surface area (Å²) in [6, 6.07) is -0.932. The molecule has 0 aliphatic carbocycles. The summed E-state index contributed by atoms with van der Waals surface area (Å²) in [6.07, 6.45) is -4.34. The molecule has 5 N–H and O–H groups in total. The van der Waals surface area contributed by atoms with E-state index in [1.54, 1.807) is 6.92 Å². The van der Waals surface area contributed by atoms with Crippen LogP contribution in [0.15, 0.2) is 0 Å². The van der Waals surface area contributed by atoms with Crippen molar-refractivity contribution in [2.75, 3.05) is 19.8 Å². The van der Waals surface area contributed by atoms with Crippen molar-refractivity contribution >= 4 is 41.5 Å². The maximum atomic E-state index is 12.2. The van der Waals surface area contributed by atoms with Crippen molar-refractivity contribution in [3.05, 3.63) is 0 Å². The van der Waals surface area contributed by atoms with Gasteiger partial charge in [-0.05, 0) is 6.92 Å². The van der Waals surface area contributed by atoms with Crippen molar-refractivity contribution in [2.24, 2.45) is 11.8 Å². The second-order valence-electron chi connectivity index (χ2n) is 9.81. The number of carbonyl (C=O) groups excluding carboxylic acids is 5. The van der Waals surface area contributed by atoms with Gasteiger partial charge in [0, 0.05) is 52.5 Å². The van der Waals surface area contributed by atoms with E-state index in [0.717, 1.165) is 6.92 Å². The molecule has 7 atom stereocenters. The fourth-order valence-corrected chi connectivity index (χ4v) is 4.08. The average Bonchev–Trinajstić information content (AvgIpc) is 2.85. The van der Waals surface area contributed by atoms with Crippen molar-refractivity contribution < 1.29 is 67.8 Å². The Bertz CT molecular complexity index is 997. The van der Waals surface area contributed by atoms with E-state index in [4.69, 9.17) is 24.1 Å². The van der Waals surface area contributed by atoms with Gasteiger partial charge >= 0.3 is 23.9 Å². The lowest BCUT2D eigenvalue weighted by molar-refractivity contribution is -0.259. The number of ketones is 1. The standard InChI is InChI=1S/C25H38N2O14/c1-12-18(11-39-14(3)29)41-23(20(27-13(2)28)21(12)40-15(4)30)38-9-8-26-19(32)7-6-16(31)10-17(22(33)34)25(5,37)24(35)36/h12,17-18,20-21,23,37H,6-11H2,1-5H3,(H,26,32)(H,27,28)(H,33,34)(H,35,36). The van der Waals surface area contributed by atoms with Gasteiger partial charge < -0.3 is 44.9 Å². The van der Waals surface area contributed by atoms with Crippen molar-refractivity contribution in [1.82, 2.24) is 10.6 Å². The van der Waals surface area contributed by atoms with Gasteiger partial charge in [0.2, 0.25) is 11.8 Å². The third-order valence-electron chi connectivity index (χ3n) is 6.36. The molecule has 0 spiro atoms. The molecule has 41 heavy (non-hydrogen) atoms. The molecule has 1 saturated heterocycles. The average molecular weight is 591 g/mol. The van der Waals surface area contributed by atoms with Crippen molar-refractivity contribution in [2.45, 2.75) is 84.0 Å². The molecule has 2 amide bonds. The van der Waals surface area contributed by atoms with Crippen LogP contribution in [-0.4, -0.2) is 107 Å². The summed E-state index contributed by atoms with van der Waals surface area (Å²) < 4.78 is 22.0. The Morgan fingerprint density at radius 3 is 2.15 bits per heavy atom. The number of Topliss-reactive ketones (excluding diaryl/α,β-unsaturated/α-hetero) is 1. The molecule has 1 aliphatic heterocycles. The van der Waals surface area contributed by atoms with Gasteiger partial charge in [-0.1, -0.05) is 6.92 Å². The van der Waals surface area contributed by atoms with Crippen LogP contribution in [-0.2, 0) is 52.5 Å². The van der Waals surface area contributed by atoms with Crippen LogP contribution in [0, 0.1) is 11.8 Å². The molecule has 16 nitrogen and oxygen atoms in total. The Morgan fingerprint density at radius 1 is 1.00 bits per heavy atom. The van der Waals surface area contributed by atoms with Crippen LogP contribution in [0.3, 0.4) is 0 Å². The monoisotopic (exact) mass is 590 g/mol. The molecule has 0 saturated carbocycles. The summed E-state index contributed by atoms with van der Waals surface area (Å²) in [4.78, 5) is 81.7. The van der Waals surface area contributed by atoms with Crippen molar-refractivity contribution in [3.8, 4) is 0 Å². The normalized spacial score (nSPS) is 24.2. The van der Waals surface area contributed by atoms with Crippen LogP contribution in [0.25, 0.3) is 0 Å². The lowest BCUT2D eigenvalue weighted by Crippen LogP contribution is -2.63. The number of aliphatic hydroxyl groups is 1. The minimum atomic E-state index is -2.68. The fourth-order valence-electron chi connectivity index (χ4n) is 4.08. The summed E-state index contributed by atoms with van der Waals surface area (Å²) in [7, 11) is 0. The highest BCUT2D eigenvalue weighted by molar-refractivity contribution is 5.91. The van der Waals surface area contributed by atoms with Crippen LogP contribution in [0.5, 0.6) is 0 Å². The van der Waals surface area contributed by atoms with E-state index in [2.05, 4.69) is 10.6 Å². The molecule has 0 radical (unpaired) electrons. The minimum absolute atomic E-state index is 0.0758. The van der Waals surface area contributed by atoms with Gasteiger partial charge in [-0.25, -0.2) is 4.79 Å². The Kier molecular flexibility index (Phi) is 13.8. The molecule has 0 aromatic carbocycles. The van der Waals surface area contributed by atoms with Gasteiger partial charge in [0.15, 0.2) is 11.9 Å². The highest BCUT2D eigenvalue weighted by Gasteiger charge is 2.47. The zero-order chi connectivity index (χ0) is 31.5. The number of carboxylic acids is 2. The maximum Gasteiger partial charge on any atom is 0.336 e. The summed E-state index contributed by atoms with van der Waals surface area (Å²) in [6.45, 7) is 5.73. The predicted molar refractivity (Wildman–Crippen MR) is 135 cm³/mol. The molecule has 7 unspecified atom stereocenters. The number of nitrogens with one attached hydrogen (secondary N) is 2. The molecule has 0 aromatic rings. The van der Waals surface area contributed by atoms with E-state index < -0.39 is 96.3 Å².